The van der Waals surface area contributed by atoms with Crippen molar-refractivity contribution in [2.75, 3.05) is 23.7 Å². The SMILES string of the molecule is CCCCCCCNC(=O)CNc1cccc(NC(=O)CC)c1. The highest BCUT2D eigenvalue weighted by atomic mass is 16.2. The van der Waals surface area contributed by atoms with Crippen LogP contribution >= 0.6 is 0 Å². The van der Waals surface area contributed by atoms with Crippen LogP contribution in [0.25, 0.3) is 0 Å². The molecule has 0 saturated heterocycles. The first kappa shape index (κ1) is 19.0. The topological polar surface area (TPSA) is 70.2 Å². The molecule has 1 aromatic carbocycles. The molecule has 3 N–H and O–H groups in total. The van der Waals surface area contributed by atoms with Gasteiger partial charge in [0, 0.05) is 24.3 Å². The van der Waals surface area contributed by atoms with Crippen molar-refractivity contribution in [3.63, 3.8) is 0 Å². The van der Waals surface area contributed by atoms with E-state index in [1.54, 1.807) is 0 Å². The average Bonchev–Trinajstić information content (AvgIpc) is 2.56. The number of unbranched alkanes of at least 4 members (excludes halogenated alkanes) is 4. The largest absolute Gasteiger partial charge is 0.376 e. The van der Waals surface area contributed by atoms with Gasteiger partial charge in [-0.05, 0) is 24.6 Å². The van der Waals surface area contributed by atoms with Crippen LogP contribution in [0.4, 0.5) is 11.4 Å². The van der Waals surface area contributed by atoms with Crippen molar-refractivity contribution in [3.05, 3.63) is 24.3 Å². The van der Waals surface area contributed by atoms with E-state index in [1.807, 2.05) is 31.2 Å². The maximum Gasteiger partial charge on any atom is 0.239 e. The van der Waals surface area contributed by atoms with Crippen molar-refractivity contribution in [1.29, 1.82) is 0 Å². The van der Waals surface area contributed by atoms with Gasteiger partial charge in [0.1, 0.15) is 0 Å². The summed E-state index contributed by atoms with van der Waals surface area (Å²) in [5.41, 5.74) is 1.55. The minimum Gasteiger partial charge on any atom is -0.376 e. The lowest BCUT2D eigenvalue weighted by Gasteiger charge is -2.10. The lowest BCUT2D eigenvalue weighted by molar-refractivity contribution is -0.119. The predicted molar refractivity (Wildman–Crippen MR) is 95.6 cm³/mol. The van der Waals surface area contributed by atoms with Gasteiger partial charge in [-0.15, -0.1) is 0 Å². The highest BCUT2D eigenvalue weighted by Crippen LogP contribution is 2.15. The van der Waals surface area contributed by atoms with Crippen LogP contribution in [0.1, 0.15) is 52.4 Å². The van der Waals surface area contributed by atoms with Gasteiger partial charge in [-0.3, -0.25) is 9.59 Å². The minimum absolute atomic E-state index is 0.0107. The molecular weight excluding hydrogens is 290 g/mol. The number of carbonyl (C=O) groups excluding carboxylic acids is 2. The molecule has 0 unspecified atom stereocenters. The summed E-state index contributed by atoms with van der Waals surface area (Å²) in [6.07, 6.45) is 6.37. The van der Waals surface area contributed by atoms with Gasteiger partial charge in [0.05, 0.1) is 6.54 Å². The van der Waals surface area contributed by atoms with Crippen molar-refractivity contribution in [3.8, 4) is 0 Å². The minimum atomic E-state index is -0.0250. The molecule has 1 rings (SSSR count). The van der Waals surface area contributed by atoms with Gasteiger partial charge >= 0.3 is 0 Å². The van der Waals surface area contributed by atoms with E-state index in [1.165, 1.54) is 25.7 Å². The molecular formula is C18H29N3O2. The Bertz CT molecular complexity index is 489. The Kier molecular flexibility index (Phi) is 9.52. The fourth-order valence-electron chi connectivity index (χ4n) is 2.16. The Balaban J connectivity index is 2.25. The standard InChI is InChI=1S/C18H29N3O2/c1-3-5-6-7-8-12-19-18(23)14-20-15-10-9-11-16(13-15)21-17(22)4-2/h9-11,13,20H,3-8,12,14H2,1-2H3,(H,19,23)(H,21,22). The second-order valence-electron chi connectivity index (χ2n) is 5.60. The van der Waals surface area contributed by atoms with Crippen LogP contribution in [-0.4, -0.2) is 24.9 Å². The number of hydrogen-bond donors (Lipinski definition) is 3. The Morgan fingerprint density at radius 1 is 0.957 bits per heavy atom. The third-order valence-corrected chi connectivity index (χ3v) is 3.52. The van der Waals surface area contributed by atoms with Crippen LogP contribution in [0.15, 0.2) is 24.3 Å². The number of benzene rings is 1. The number of rotatable bonds is 11. The van der Waals surface area contributed by atoms with E-state index in [-0.39, 0.29) is 18.4 Å². The first-order valence-electron chi connectivity index (χ1n) is 8.56. The Morgan fingerprint density at radius 3 is 2.43 bits per heavy atom. The van der Waals surface area contributed by atoms with Crippen molar-refractivity contribution < 1.29 is 9.59 Å². The van der Waals surface area contributed by atoms with Gasteiger partial charge in [-0.1, -0.05) is 45.6 Å². The molecule has 0 fully saturated rings. The summed E-state index contributed by atoms with van der Waals surface area (Å²) in [5, 5.41) is 8.79. The fraction of sp³-hybridized carbons (Fsp3) is 0.556. The van der Waals surface area contributed by atoms with Crippen LogP contribution in [-0.2, 0) is 9.59 Å². The van der Waals surface area contributed by atoms with E-state index < -0.39 is 0 Å². The van der Waals surface area contributed by atoms with Crippen molar-refractivity contribution in [2.45, 2.75) is 52.4 Å². The van der Waals surface area contributed by atoms with Crippen LogP contribution < -0.4 is 16.0 Å². The fourth-order valence-corrected chi connectivity index (χ4v) is 2.16. The maximum absolute atomic E-state index is 11.8. The van der Waals surface area contributed by atoms with E-state index in [0.29, 0.717) is 6.42 Å². The lowest BCUT2D eigenvalue weighted by atomic mass is 10.1. The molecule has 128 valence electrons. The Morgan fingerprint density at radius 2 is 1.70 bits per heavy atom. The van der Waals surface area contributed by atoms with Crippen LogP contribution in [0.5, 0.6) is 0 Å². The number of amides is 2. The van der Waals surface area contributed by atoms with Gasteiger partial charge in [0.2, 0.25) is 11.8 Å². The molecule has 5 heteroatoms. The highest BCUT2D eigenvalue weighted by molar-refractivity contribution is 5.91. The summed E-state index contributed by atoms with van der Waals surface area (Å²) in [5.74, 6) is -0.0357. The smallest absolute Gasteiger partial charge is 0.239 e. The maximum atomic E-state index is 11.8. The molecule has 0 atom stereocenters. The zero-order valence-corrected chi connectivity index (χ0v) is 14.3. The quantitative estimate of drug-likeness (QED) is 0.546. The molecule has 0 aromatic heterocycles. The van der Waals surface area contributed by atoms with E-state index in [2.05, 4.69) is 22.9 Å². The van der Waals surface area contributed by atoms with Gasteiger partial charge in [0.25, 0.3) is 0 Å². The summed E-state index contributed by atoms with van der Waals surface area (Å²) >= 11 is 0. The highest BCUT2D eigenvalue weighted by Gasteiger charge is 2.03. The monoisotopic (exact) mass is 319 g/mol. The van der Waals surface area contributed by atoms with Crippen LogP contribution in [0.3, 0.4) is 0 Å². The van der Waals surface area contributed by atoms with Gasteiger partial charge in [-0.2, -0.15) is 0 Å². The molecule has 0 saturated carbocycles. The number of nitrogens with one attached hydrogen (secondary N) is 3. The Labute approximate surface area is 139 Å². The molecule has 0 aliphatic rings. The van der Waals surface area contributed by atoms with Crippen molar-refractivity contribution in [1.82, 2.24) is 5.32 Å². The van der Waals surface area contributed by atoms with Crippen molar-refractivity contribution >= 4 is 23.2 Å². The molecule has 5 nitrogen and oxygen atoms in total. The second kappa shape index (κ2) is 11.5. The van der Waals surface area contributed by atoms with Crippen LogP contribution in [0, 0.1) is 0 Å². The summed E-state index contributed by atoms with van der Waals surface area (Å²) < 4.78 is 0. The molecule has 0 heterocycles. The van der Waals surface area contributed by atoms with E-state index in [0.717, 1.165) is 24.3 Å². The summed E-state index contributed by atoms with van der Waals surface area (Å²) in [4.78, 5) is 23.1. The second-order valence-corrected chi connectivity index (χ2v) is 5.60. The normalized spacial score (nSPS) is 10.2. The molecule has 2 amide bonds. The summed E-state index contributed by atoms with van der Waals surface area (Å²) in [6, 6.07) is 7.37. The Hall–Kier alpha value is -2.04. The number of carbonyl (C=O) groups is 2. The lowest BCUT2D eigenvalue weighted by Crippen LogP contribution is -2.30. The molecule has 0 radical (unpaired) electrons. The summed E-state index contributed by atoms with van der Waals surface area (Å²) in [6.45, 7) is 4.97. The van der Waals surface area contributed by atoms with E-state index >= 15 is 0 Å². The first-order chi connectivity index (χ1) is 11.2. The van der Waals surface area contributed by atoms with Gasteiger partial charge in [-0.25, -0.2) is 0 Å². The van der Waals surface area contributed by atoms with Gasteiger partial charge < -0.3 is 16.0 Å². The third kappa shape index (κ3) is 8.86. The third-order valence-electron chi connectivity index (χ3n) is 3.52. The molecule has 0 aliphatic heterocycles. The van der Waals surface area contributed by atoms with Crippen molar-refractivity contribution in [2.24, 2.45) is 0 Å². The van der Waals surface area contributed by atoms with Gasteiger partial charge in [0.15, 0.2) is 0 Å². The number of hydrogen-bond acceptors (Lipinski definition) is 3. The molecule has 0 aliphatic carbocycles. The molecule has 1 aromatic rings. The predicted octanol–water partition coefficient (Wildman–Crippen LogP) is 3.53. The average molecular weight is 319 g/mol. The van der Waals surface area contributed by atoms with E-state index in [9.17, 15) is 9.59 Å². The van der Waals surface area contributed by atoms with Crippen LogP contribution in [0.2, 0.25) is 0 Å². The molecule has 0 spiro atoms. The molecule has 0 bridgehead atoms. The zero-order chi connectivity index (χ0) is 16.9. The summed E-state index contributed by atoms with van der Waals surface area (Å²) in [7, 11) is 0. The van der Waals surface area contributed by atoms with E-state index in [4.69, 9.17) is 0 Å². The zero-order valence-electron chi connectivity index (χ0n) is 14.3. The first-order valence-corrected chi connectivity index (χ1v) is 8.56. The molecule has 23 heavy (non-hydrogen) atoms. The number of anilines is 2.